The highest BCUT2D eigenvalue weighted by molar-refractivity contribution is 6.00. The van der Waals surface area contributed by atoms with Gasteiger partial charge in [0.1, 0.15) is 5.82 Å². The van der Waals surface area contributed by atoms with E-state index >= 15 is 0 Å². The normalized spacial score (nSPS) is 14.2. The van der Waals surface area contributed by atoms with E-state index in [2.05, 4.69) is 41.5 Å². The number of ether oxygens (including phenoxy) is 1. The third-order valence-corrected chi connectivity index (χ3v) is 8.12. The second-order valence-corrected chi connectivity index (χ2v) is 12.8. The number of hydrogen-bond donors (Lipinski definition) is 2. The van der Waals surface area contributed by atoms with E-state index in [4.69, 9.17) is 14.4 Å². The summed E-state index contributed by atoms with van der Waals surface area (Å²) in [4.78, 5) is 40.0. The van der Waals surface area contributed by atoms with E-state index in [1.54, 1.807) is 11.6 Å². The number of benzene rings is 2. The molecule has 0 bridgehead atoms. The first-order chi connectivity index (χ1) is 22.0. The molecule has 2 N–H and O–H groups in total. The fourth-order valence-corrected chi connectivity index (χ4v) is 5.46. The van der Waals surface area contributed by atoms with Crippen LogP contribution >= 0.6 is 0 Å². The van der Waals surface area contributed by atoms with Crippen LogP contribution in [0, 0.1) is 12.8 Å². The number of carbonyl (C=O) groups is 3. The monoisotopic (exact) mass is 626 g/mol. The Morgan fingerprint density at radius 1 is 1.00 bits per heavy atom. The van der Waals surface area contributed by atoms with E-state index < -0.39 is 5.97 Å². The molecule has 5 rings (SSSR count). The molecule has 242 valence electrons. The number of anilines is 2. The number of urea groups is 1. The summed E-state index contributed by atoms with van der Waals surface area (Å²) in [6.45, 7) is 11.9. The molecule has 0 unspecified atom stereocenters. The molecule has 2 aromatic heterocycles. The molecular weight excluding hydrogens is 584 g/mol. The summed E-state index contributed by atoms with van der Waals surface area (Å²) >= 11 is 0. The molecule has 11 nitrogen and oxygen atoms in total. The number of carbonyl (C=O) groups excluding carboxylic acids is 3. The van der Waals surface area contributed by atoms with Crippen LogP contribution in [0.2, 0.25) is 0 Å². The zero-order valence-electron chi connectivity index (χ0n) is 27.1. The molecule has 0 atom stereocenters. The van der Waals surface area contributed by atoms with Crippen LogP contribution in [-0.4, -0.2) is 63.9 Å². The number of para-hydroxylation sites is 1. The Bertz CT molecular complexity index is 1680. The Kier molecular flexibility index (Phi) is 10.0. The zero-order valence-corrected chi connectivity index (χ0v) is 27.1. The maximum Gasteiger partial charge on any atom is 0.360 e. The number of piperidine rings is 1. The first-order valence-electron chi connectivity index (χ1n) is 15.7. The molecule has 0 radical (unpaired) electrons. The third kappa shape index (κ3) is 8.08. The first-order valence-corrected chi connectivity index (χ1v) is 15.7. The summed E-state index contributed by atoms with van der Waals surface area (Å²) in [5, 5.41) is 14.6. The summed E-state index contributed by atoms with van der Waals surface area (Å²) in [5.74, 6) is 0.214. The van der Waals surface area contributed by atoms with Gasteiger partial charge in [-0.05, 0) is 75.9 Å². The number of likely N-dealkylation sites (tertiary alicyclic amines) is 1. The van der Waals surface area contributed by atoms with Crippen LogP contribution in [0.4, 0.5) is 16.3 Å². The van der Waals surface area contributed by atoms with E-state index in [9.17, 15) is 14.4 Å². The van der Waals surface area contributed by atoms with E-state index in [1.165, 1.54) is 6.07 Å². The molecule has 1 aliphatic heterocycles. The quantitative estimate of drug-likeness (QED) is 0.152. The van der Waals surface area contributed by atoms with Gasteiger partial charge < -0.3 is 14.6 Å². The fraction of sp³-hybridized carbons (Fsp3) is 0.400. The smallest absolute Gasteiger partial charge is 0.360 e. The number of Topliss-reactive ketones (excluding diaryl/α,β-unsaturated/α-hetero) is 1. The van der Waals surface area contributed by atoms with Crippen molar-refractivity contribution < 1.29 is 23.6 Å². The lowest BCUT2D eigenvalue weighted by molar-refractivity contribution is 0.0513. The second kappa shape index (κ2) is 14.1. The standard InChI is InChI=1S/C35H42N6O5/c1-6-45-33(43)28-20-30(46-39-28)29(42)22-40-17-15-24(16-18-40)19-25-9-7-8-10-27(25)36-34(44)37-32-21-31(35(3,4)5)38-41(32)26-13-11-23(2)12-14-26/h7-14,20-21,24H,6,15-19,22H2,1-5H3,(H2,36,37,44). The van der Waals surface area contributed by atoms with Crippen molar-refractivity contribution in [3.63, 3.8) is 0 Å². The van der Waals surface area contributed by atoms with Crippen molar-refractivity contribution in [2.75, 3.05) is 36.9 Å². The molecule has 11 heteroatoms. The van der Waals surface area contributed by atoms with Gasteiger partial charge >= 0.3 is 12.0 Å². The van der Waals surface area contributed by atoms with Crippen molar-refractivity contribution in [2.45, 2.75) is 59.3 Å². The van der Waals surface area contributed by atoms with Gasteiger partial charge in [0.2, 0.25) is 11.5 Å². The molecular formula is C35H42N6O5. The van der Waals surface area contributed by atoms with E-state index in [1.807, 2.05) is 61.5 Å². The Morgan fingerprint density at radius 3 is 2.41 bits per heavy atom. The van der Waals surface area contributed by atoms with Crippen molar-refractivity contribution >= 4 is 29.3 Å². The minimum absolute atomic E-state index is 0.00332. The topological polar surface area (TPSA) is 132 Å². The molecule has 1 saturated heterocycles. The minimum Gasteiger partial charge on any atom is -0.461 e. The van der Waals surface area contributed by atoms with Crippen LogP contribution in [0.1, 0.15) is 78.4 Å². The zero-order chi connectivity index (χ0) is 32.8. The van der Waals surface area contributed by atoms with Gasteiger partial charge in [-0.3, -0.25) is 15.0 Å². The lowest BCUT2D eigenvalue weighted by Gasteiger charge is -2.31. The number of rotatable bonds is 10. The highest BCUT2D eigenvalue weighted by Crippen LogP contribution is 2.28. The van der Waals surface area contributed by atoms with E-state index in [0.717, 1.165) is 60.5 Å². The number of ketones is 1. The molecule has 46 heavy (non-hydrogen) atoms. The van der Waals surface area contributed by atoms with Crippen LogP contribution < -0.4 is 10.6 Å². The van der Waals surface area contributed by atoms with Gasteiger partial charge in [0.15, 0.2) is 5.69 Å². The van der Waals surface area contributed by atoms with Gasteiger partial charge in [-0.15, -0.1) is 0 Å². The second-order valence-electron chi connectivity index (χ2n) is 12.8. The lowest BCUT2D eigenvalue weighted by atomic mass is 9.89. The summed E-state index contributed by atoms with van der Waals surface area (Å²) in [7, 11) is 0. The van der Waals surface area contributed by atoms with Gasteiger partial charge in [-0.25, -0.2) is 14.3 Å². The van der Waals surface area contributed by atoms with Crippen molar-refractivity contribution in [2.24, 2.45) is 5.92 Å². The average Bonchev–Trinajstić information content (AvgIpc) is 3.68. The predicted molar refractivity (Wildman–Crippen MR) is 176 cm³/mol. The Labute approximate surface area is 269 Å². The van der Waals surface area contributed by atoms with Crippen molar-refractivity contribution in [1.29, 1.82) is 0 Å². The molecule has 2 aromatic carbocycles. The maximum atomic E-state index is 13.3. The number of aryl methyl sites for hydroxylation is 1. The third-order valence-electron chi connectivity index (χ3n) is 8.12. The van der Waals surface area contributed by atoms with Crippen molar-refractivity contribution in [3.8, 4) is 5.69 Å². The van der Waals surface area contributed by atoms with Crippen LogP contribution in [0.25, 0.3) is 5.69 Å². The molecule has 3 heterocycles. The lowest BCUT2D eigenvalue weighted by Crippen LogP contribution is -2.37. The number of hydrogen-bond acceptors (Lipinski definition) is 8. The van der Waals surface area contributed by atoms with Crippen molar-refractivity contribution in [3.05, 3.63) is 88.9 Å². The summed E-state index contributed by atoms with van der Waals surface area (Å²) in [6.07, 6.45) is 2.62. The summed E-state index contributed by atoms with van der Waals surface area (Å²) in [5.41, 5.74) is 4.51. The molecule has 0 aliphatic carbocycles. The van der Waals surface area contributed by atoms with Crippen molar-refractivity contribution in [1.82, 2.24) is 19.8 Å². The highest BCUT2D eigenvalue weighted by Gasteiger charge is 2.26. The Morgan fingerprint density at radius 2 is 1.72 bits per heavy atom. The molecule has 2 amide bonds. The number of nitrogens with one attached hydrogen (secondary N) is 2. The van der Waals surface area contributed by atoms with Gasteiger partial charge in [0.05, 0.1) is 24.5 Å². The summed E-state index contributed by atoms with van der Waals surface area (Å²) in [6, 6.07) is 18.8. The van der Waals surface area contributed by atoms with Gasteiger partial charge in [-0.1, -0.05) is 61.8 Å². The average molecular weight is 627 g/mol. The Balaban J connectivity index is 1.18. The van der Waals surface area contributed by atoms with Crippen LogP contribution in [-0.2, 0) is 16.6 Å². The molecule has 1 fully saturated rings. The predicted octanol–water partition coefficient (Wildman–Crippen LogP) is 6.42. The van der Waals surface area contributed by atoms with E-state index in [-0.39, 0.29) is 41.8 Å². The van der Waals surface area contributed by atoms with Crippen LogP contribution in [0.15, 0.2) is 65.2 Å². The first kappa shape index (κ1) is 32.6. The number of esters is 1. The van der Waals surface area contributed by atoms with Crippen LogP contribution in [0.3, 0.4) is 0 Å². The largest absolute Gasteiger partial charge is 0.461 e. The number of amides is 2. The molecule has 0 spiro atoms. The van der Waals surface area contributed by atoms with Gasteiger partial charge in [0.25, 0.3) is 0 Å². The summed E-state index contributed by atoms with van der Waals surface area (Å²) < 4.78 is 11.8. The van der Waals surface area contributed by atoms with Crippen LogP contribution in [0.5, 0.6) is 0 Å². The molecule has 4 aromatic rings. The fourth-order valence-electron chi connectivity index (χ4n) is 5.46. The highest BCUT2D eigenvalue weighted by atomic mass is 16.5. The number of nitrogens with zero attached hydrogens (tertiary/aromatic N) is 4. The van der Waals surface area contributed by atoms with Gasteiger partial charge in [-0.2, -0.15) is 5.10 Å². The maximum absolute atomic E-state index is 13.3. The molecule has 0 saturated carbocycles. The SMILES string of the molecule is CCOC(=O)c1cc(C(=O)CN2CCC(Cc3ccccc3NC(=O)Nc3cc(C(C)(C)C)nn3-c3ccc(C)cc3)CC2)on1. The number of aromatic nitrogens is 3. The molecule has 1 aliphatic rings. The minimum atomic E-state index is -0.609. The Hall–Kier alpha value is -4.77. The van der Waals surface area contributed by atoms with E-state index in [0.29, 0.717) is 11.7 Å². The van der Waals surface area contributed by atoms with Gasteiger partial charge in [0, 0.05) is 23.2 Å².